The highest BCUT2D eigenvalue weighted by Gasteiger charge is 2.34. The maximum Gasteiger partial charge on any atom is 0.252 e. The van der Waals surface area contributed by atoms with Crippen LogP contribution in [0.25, 0.3) is 0 Å². The van der Waals surface area contributed by atoms with Crippen molar-refractivity contribution in [2.45, 2.75) is 17.1 Å². The monoisotopic (exact) mass is 399 g/mol. The standard InChI is InChI=1S/C15H17N3O4S3/c16-13(19)11-5-8-24-15(11)17-14(20)10-3-1-6-18(9-10)25(21,22)12-4-2-7-23-12/h2,4-5,7-8,10H,1,3,6,9H2,(H2,16,19)(H,17,20). The van der Waals surface area contributed by atoms with Crippen molar-refractivity contribution >= 4 is 49.5 Å². The minimum Gasteiger partial charge on any atom is -0.366 e. The fourth-order valence-electron chi connectivity index (χ4n) is 2.73. The molecule has 2 aromatic heterocycles. The van der Waals surface area contributed by atoms with Crippen LogP contribution in [0.1, 0.15) is 23.2 Å². The molecule has 3 heterocycles. The minimum absolute atomic E-state index is 0.128. The quantitative estimate of drug-likeness (QED) is 0.801. The van der Waals surface area contributed by atoms with E-state index in [0.29, 0.717) is 24.4 Å². The molecule has 3 rings (SSSR count). The summed E-state index contributed by atoms with van der Waals surface area (Å²) in [5.41, 5.74) is 5.54. The number of nitrogens with two attached hydrogens (primary N) is 1. The van der Waals surface area contributed by atoms with E-state index in [-0.39, 0.29) is 22.2 Å². The highest BCUT2D eigenvalue weighted by atomic mass is 32.2. The molecule has 1 aliphatic heterocycles. The Morgan fingerprint density at radius 1 is 1.24 bits per heavy atom. The van der Waals surface area contributed by atoms with Crippen LogP contribution in [0.2, 0.25) is 0 Å². The largest absolute Gasteiger partial charge is 0.366 e. The first-order valence-corrected chi connectivity index (χ1v) is 10.8. The van der Waals surface area contributed by atoms with E-state index in [1.807, 2.05) is 0 Å². The van der Waals surface area contributed by atoms with Crippen molar-refractivity contribution in [3.8, 4) is 0 Å². The molecular formula is C15H17N3O4S3. The van der Waals surface area contributed by atoms with Crippen molar-refractivity contribution in [1.29, 1.82) is 0 Å². The van der Waals surface area contributed by atoms with Gasteiger partial charge in [0.05, 0.1) is 11.5 Å². The van der Waals surface area contributed by atoms with E-state index < -0.39 is 21.8 Å². The molecule has 1 saturated heterocycles. The highest BCUT2D eigenvalue weighted by Crippen LogP contribution is 2.28. The lowest BCUT2D eigenvalue weighted by Gasteiger charge is -2.30. The first-order chi connectivity index (χ1) is 11.9. The summed E-state index contributed by atoms with van der Waals surface area (Å²) >= 11 is 2.37. The van der Waals surface area contributed by atoms with Gasteiger partial charge in [-0.3, -0.25) is 9.59 Å². The van der Waals surface area contributed by atoms with Crippen molar-refractivity contribution in [3.05, 3.63) is 34.5 Å². The van der Waals surface area contributed by atoms with Crippen LogP contribution in [-0.2, 0) is 14.8 Å². The fourth-order valence-corrected chi connectivity index (χ4v) is 6.19. The van der Waals surface area contributed by atoms with Crippen LogP contribution >= 0.6 is 22.7 Å². The number of hydrogen-bond donors (Lipinski definition) is 2. The number of thiophene rings is 2. The number of carbonyl (C=O) groups is 2. The lowest BCUT2D eigenvalue weighted by molar-refractivity contribution is -0.120. The Hall–Kier alpha value is -1.75. The third-order valence-electron chi connectivity index (χ3n) is 4.01. The Kier molecular flexibility index (Phi) is 5.23. The smallest absolute Gasteiger partial charge is 0.252 e. The predicted molar refractivity (Wildman–Crippen MR) is 97.3 cm³/mol. The summed E-state index contributed by atoms with van der Waals surface area (Å²) in [7, 11) is -3.57. The molecule has 2 aromatic rings. The molecule has 0 aromatic carbocycles. The highest BCUT2D eigenvalue weighted by molar-refractivity contribution is 7.91. The van der Waals surface area contributed by atoms with Gasteiger partial charge >= 0.3 is 0 Å². The number of amides is 2. The molecule has 0 aliphatic carbocycles. The van der Waals surface area contributed by atoms with Gasteiger partial charge in [-0.15, -0.1) is 22.7 Å². The minimum atomic E-state index is -3.57. The number of anilines is 1. The number of sulfonamides is 1. The Bertz CT molecular complexity index is 874. The van der Waals surface area contributed by atoms with Gasteiger partial charge in [0.1, 0.15) is 9.21 Å². The second-order valence-corrected chi connectivity index (χ2v) is 9.68. The Morgan fingerprint density at radius 3 is 2.72 bits per heavy atom. The van der Waals surface area contributed by atoms with Gasteiger partial charge in [0, 0.05) is 13.1 Å². The van der Waals surface area contributed by atoms with E-state index in [9.17, 15) is 18.0 Å². The molecule has 1 fully saturated rings. The first kappa shape index (κ1) is 18.1. The number of piperidine rings is 1. The maximum atomic E-state index is 12.6. The normalized spacial score (nSPS) is 18.8. The van der Waals surface area contributed by atoms with Crippen molar-refractivity contribution in [2.75, 3.05) is 18.4 Å². The van der Waals surface area contributed by atoms with Gasteiger partial charge in [0.15, 0.2) is 0 Å². The third-order valence-corrected chi connectivity index (χ3v) is 8.08. The van der Waals surface area contributed by atoms with E-state index in [1.54, 1.807) is 29.0 Å². The predicted octanol–water partition coefficient (Wildman–Crippen LogP) is 1.95. The van der Waals surface area contributed by atoms with Gasteiger partial charge in [-0.25, -0.2) is 8.42 Å². The summed E-state index contributed by atoms with van der Waals surface area (Å²) in [5.74, 6) is -1.37. The van der Waals surface area contributed by atoms with Crippen molar-refractivity contribution in [3.63, 3.8) is 0 Å². The number of hydrogen-bond acceptors (Lipinski definition) is 6. The summed E-state index contributed by atoms with van der Waals surface area (Å²) in [6.45, 7) is 0.527. The Balaban J connectivity index is 1.72. The van der Waals surface area contributed by atoms with E-state index >= 15 is 0 Å². The van der Waals surface area contributed by atoms with Crippen molar-refractivity contribution in [1.82, 2.24) is 4.31 Å². The van der Waals surface area contributed by atoms with E-state index in [4.69, 9.17) is 5.73 Å². The molecule has 134 valence electrons. The molecule has 3 N–H and O–H groups in total. The number of rotatable bonds is 5. The van der Waals surface area contributed by atoms with Gasteiger partial charge in [-0.2, -0.15) is 4.31 Å². The summed E-state index contributed by atoms with van der Waals surface area (Å²) in [6.07, 6.45) is 1.20. The van der Waals surface area contributed by atoms with Crippen LogP contribution in [-0.4, -0.2) is 37.6 Å². The third kappa shape index (κ3) is 3.76. The Labute approximate surface area is 153 Å². The molecule has 1 atom stereocenters. The molecule has 2 amide bonds. The van der Waals surface area contributed by atoms with Gasteiger partial charge in [-0.05, 0) is 35.7 Å². The van der Waals surface area contributed by atoms with Gasteiger partial charge in [-0.1, -0.05) is 6.07 Å². The lowest BCUT2D eigenvalue weighted by Crippen LogP contribution is -2.43. The molecular weight excluding hydrogens is 382 g/mol. The summed E-state index contributed by atoms with van der Waals surface area (Å²) in [4.78, 5) is 23.9. The van der Waals surface area contributed by atoms with E-state index in [1.165, 1.54) is 15.6 Å². The van der Waals surface area contributed by atoms with Gasteiger partial charge < -0.3 is 11.1 Å². The Morgan fingerprint density at radius 2 is 2.04 bits per heavy atom. The van der Waals surface area contributed by atoms with Crippen LogP contribution in [0.5, 0.6) is 0 Å². The molecule has 1 unspecified atom stereocenters. The molecule has 0 saturated carbocycles. The molecule has 1 aliphatic rings. The molecule has 0 radical (unpaired) electrons. The van der Waals surface area contributed by atoms with E-state index in [0.717, 1.165) is 11.3 Å². The van der Waals surface area contributed by atoms with Crippen LogP contribution in [0.15, 0.2) is 33.2 Å². The fraction of sp³-hybridized carbons (Fsp3) is 0.333. The van der Waals surface area contributed by atoms with Crippen molar-refractivity contribution in [2.24, 2.45) is 11.7 Å². The van der Waals surface area contributed by atoms with Gasteiger partial charge in [0.2, 0.25) is 5.91 Å². The van der Waals surface area contributed by atoms with Crippen LogP contribution in [0.3, 0.4) is 0 Å². The SMILES string of the molecule is NC(=O)c1ccsc1NC(=O)C1CCCN(S(=O)(=O)c2cccs2)C1. The maximum absolute atomic E-state index is 12.6. The van der Waals surface area contributed by atoms with E-state index in [2.05, 4.69) is 5.32 Å². The average Bonchev–Trinajstić information content (AvgIpc) is 3.26. The summed E-state index contributed by atoms with van der Waals surface area (Å²) in [6, 6.07) is 4.80. The van der Waals surface area contributed by atoms with Crippen LogP contribution in [0, 0.1) is 5.92 Å². The topological polar surface area (TPSA) is 110 Å². The molecule has 10 heteroatoms. The molecule has 0 bridgehead atoms. The molecule has 25 heavy (non-hydrogen) atoms. The first-order valence-electron chi connectivity index (χ1n) is 7.61. The number of carbonyl (C=O) groups excluding carboxylic acids is 2. The van der Waals surface area contributed by atoms with Crippen LogP contribution in [0.4, 0.5) is 5.00 Å². The molecule has 0 spiro atoms. The zero-order chi connectivity index (χ0) is 18.0. The van der Waals surface area contributed by atoms with Crippen molar-refractivity contribution < 1.29 is 18.0 Å². The number of primary amides is 1. The lowest BCUT2D eigenvalue weighted by atomic mass is 9.99. The second kappa shape index (κ2) is 7.24. The summed E-state index contributed by atoms with van der Waals surface area (Å²) in [5, 5.41) is 6.49. The number of nitrogens with zero attached hydrogens (tertiary/aromatic N) is 1. The second-order valence-electron chi connectivity index (χ2n) is 5.65. The van der Waals surface area contributed by atoms with Gasteiger partial charge in [0.25, 0.3) is 15.9 Å². The average molecular weight is 400 g/mol. The van der Waals surface area contributed by atoms with Crippen LogP contribution < -0.4 is 11.1 Å². The summed E-state index contributed by atoms with van der Waals surface area (Å²) < 4.78 is 26.9. The molecule has 7 nitrogen and oxygen atoms in total. The number of nitrogens with one attached hydrogen (secondary N) is 1. The zero-order valence-electron chi connectivity index (χ0n) is 13.2. The zero-order valence-corrected chi connectivity index (χ0v) is 15.6.